The van der Waals surface area contributed by atoms with Crippen LogP contribution < -0.4 is 5.32 Å². The molecule has 6 heteroatoms. The minimum atomic E-state index is -0.966. The van der Waals surface area contributed by atoms with Gasteiger partial charge >= 0.3 is 5.97 Å². The fourth-order valence-corrected chi connectivity index (χ4v) is 3.24. The SMILES string of the molecule is COC(=O)C1(NC(=O)c2cc3cc(F)ccc3[nH]2)CCCCC1. The topological polar surface area (TPSA) is 71.2 Å². The van der Waals surface area contributed by atoms with Crippen molar-refractivity contribution in [3.8, 4) is 0 Å². The molecule has 1 fully saturated rings. The summed E-state index contributed by atoms with van der Waals surface area (Å²) < 4.78 is 18.1. The number of hydrogen-bond acceptors (Lipinski definition) is 3. The lowest BCUT2D eigenvalue weighted by molar-refractivity contribution is -0.149. The number of methoxy groups -OCH3 is 1. The van der Waals surface area contributed by atoms with Crippen molar-refractivity contribution < 1.29 is 18.7 Å². The Balaban J connectivity index is 1.86. The van der Waals surface area contributed by atoms with Crippen LogP contribution in [0.4, 0.5) is 4.39 Å². The van der Waals surface area contributed by atoms with Crippen molar-refractivity contribution in [1.29, 1.82) is 0 Å². The molecule has 3 rings (SSSR count). The zero-order valence-corrected chi connectivity index (χ0v) is 12.9. The first-order valence-corrected chi connectivity index (χ1v) is 7.73. The summed E-state index contributed by atoms with van der Waals surface area (Å²) in [5, 5.41) is 3.45. The van der Waals surface area contributed by atoms with Gasteiger partial charge in [-0.3, -0.25) is 4.79 Å². The number of halogens is 1. The molecule has 0 aliphatic heterocycles. The second-order valence-corrected chi connectivity index (χ2v) is 6.00. The van der Waals surface area contributed by atoms with Crippen molar-refractivity contribution in [2.45, 2.75) is 37.6 Å². The van der Waals surface area contributed by atoms with Gasteiger partial charge in [-0.05, 0) is 37.1 Å². The van der Waals surface area contributed by atoms with Gasteiger partial charge < -0.3 is 15.0 Å². The van der Waals surface area contributed by atoms with E-state index in [2.05, 4.69) is 10.3 Å². The molecule has 1 amide bonds. The highest BCUT2D eigenvalue weighted by Gasteiger charge is 2.42. The van der Waals surface area contributed by atoms with Crippen LogP contribution in [0.3, 0.4) is 0 Å². The van der Waals surface area contributed by atoms with Crippen LogP contribution in [-0.2, 0) is 9.53 Å². The number of carbonyl (C=O) groups is 2. The number of hydrogen-bond donors (Lipinski definition) is 2. The van der Waals surface area contributed by atoms with E-state index in [4.69, 9.17) is 4.74 Å². The molecule has 1 aromatic carbocycles. The zero-order valence-electron chi connectivity index (χ0n) is 12.9. The first-order valence-electron chi connectivity index (χ1n) is 7.73. The molecular weight excluding hydrogens is 299 g/mol. The van der Waals surface area contributed by atoms with E-state index in [-0.39, 0.29) is 11.7 Å². The molecule has 0 saturated heterocycles. The molecule has 122 valence electrons. The molecule has 0 radical (unpaired) electrons. The number of aromatic nitrogens is 1. The van der Waals surface area contributed by atoms with E-state index in [9.17, 15) is 14.0 Å². The van der Waals surface area contributed by atoms with Crippen LogP contribution in [0.1, 0.15) is 42.6 Å². The van der Waals surface area contributed by atoms with Gasteiger partial charge in [0.15, 0.2) is 0 Å². The monoisotopic (exact) mass is 318 g/mol. The molecule has 0 bridgehead atoms. The van der Waals surface area contributed by atoms with E-state index in [1.165, 1.54) is 19.2 Å². The van der Waals surface area contributed by atoms with Crippen LogP contribution >= 0.6 is 0 Å². The number of rotatable bonds is 3. The number of benzene rings is 1. The number of ether oxygens (including phenoxy) is 1. The van der Waals surface area contributed by atoms with Crippen LogP contribution in [-0.4, -0.2) is 29.5 Å². The van der Waals surface area contributed by atoms with E-state index in [0.717, 1.165) is 19.3 Å². The molecule has 5 nitrogen and oxygen atoms in total. The highest BCUT2D eigenvalue weighted by atomic mass is 19.1. The number of aromatic amines is 1. The number of carbonyl (C=O) groups excluding carboxylic acids is 2. The van der Waals surface area contributed by atoms with Crippen molar-refractivity contribution in [3.63, 3.8) is 0 Å². The Bertz CT molecular complexity index is 747. The minimum absolute atomic E-state index is 0.305. The third kappa shape index (κ3) is 2.93. The molecule has 2 N–H and O–H groups in total. The maximum atomic E-state index is 13.3. The van der Waals surface area contributed by atoms with E-state index >= 15 is 0 Å². The predicted molar refractivity (Wildman–Crippen MR) is 83.6 cm³/mol. The Kier molecular flexibility index (Phi) is 4.07. The van der Waals surface area contributed by atoms with Gasteiger partial charge in [-0.25, -0.2) is 9.18 Å². The fraction of sp³-hybridized carbons (Fsp3) is 0.412. The summed E-state index contributed by atoms with van der Waals surface area (Å²) in [7, 11) is 1.33. The largest absolute Gasteiger partial charge is 0.467 e. The third-order valence-electron chi connectivity index (χ3n) is 4.46. The summed E-state index contributed by atoms with van der Waals surface area (Å²) in [6.07, 6.45) is 3.92. The molecule has 1 aliphatic carbocycles. The molecule has 1 aromatic heterocycles. The molecule has 1 saturated carbocycles. The van der Waals surface area contributed by atoms with Gasteiger partial charge in [0.05, 0.1) is 7.11 Å². The van der Waals surface area contributed by atoms with E-state index < -0.39 is 11.5 Å². The lowest BCUT2D eigenvalue weighted by atomic mass is 9.81. The third-order valence-corrected chi connectivity index (χ3v) is 4.46. The molecule has 0 spiro atoms. The van der Waals surface area contributed by atoms with Gasteiger partial charge in [0.25, 0.3) is 5.91 Å². The highest BCUT2D eigenvalue weighted by molar-refractivity contribution is 6.00. The van der Waals surface area contributed by atoms with Crippen LogP contribution in [0.2, 0.25) is 0 Å². The second kappa shape index (κ2) is 6.02. The minimum Gasteiger partial charge on any atom is -0.467 e. The predicted octanol–water partition coefficient (Wildman–Crippen LogP) is 2.91. The van der Waals surface area contributed by atoms with E-state index in [1.807, 2.05) is 0 Å². The Morgan fingerprint density at radius 2 is 1.96 bits per heavy atom. The van der Waals surface area contributed by atoms with Gasteiger partial charge in [-0.2, -0.15) is 0 Å². The van der Waals surface area contributed by atoms with Crippen molar-refractivity contribution in [2.24, 2.45) is 0 Å². The number of H-pyrrole nitrogens is 1. The summed E-state index contributed by atoms with van der Waals surface area (Å²) in [5.41, 5.74) is 0.0128. The maximum absolute atomic E-state index is 13.3. The first-order chi connectivity index (χ1) is 11.0. The summed E-state index contributed by atoms with van der Waals surface area (Å²) >= 11 is 0. The molecule has 1 aliphatic rings. The molecule has 1 heterocycles. The Morgan fingerprint density at radius 3 is 2.65 bits per heavy atom. The van der Waals surface area contributed by atoms with Gasteiger partial charge in [-0.15, -0.1) is 0 Å². The number of esters is 1. The zero-order chi connectivity index (χ0) is 16.4. The maximum Gasteiger partial charge on any atom is 0.331 e. The van der Waals surface area contributed by atoms with Crippen LogP contribution in [0, 0.1) is 5.82 Å². The van der Waals surface area contributed by atoms with E-state index in [1.54, 1.807) is 12.1 Å². The Hall–Kier alpha value is -2.37. The van der Waals surface area contributed by atoms with Crippen LogP contribution in [0.5, 0.6) is 0 Å². The molecule has 2 aromatic rings. The fourth-order valence-electron chi connectivity index (χ4n) is 3.24. The van der Waals surface area contributed by atoms with E-state index in [0.29, 0.717) is 29.4 Å². The summed E-state index contributed by atoms with van der Waals surface area (Å²) in [6, 6.07) is 5.86. The average molecular weight is 318 g/mol. The lowest BCUT2D eigenvalue weighted by Crippen LogP contribution is -2.56. The van der Waals surface area contributed by atoms with Gasteiger partial charge in [0, 0.05) is 10.9 Å². The smallest absolute Gasteiger partial charge is 0.331 e. The quantitative estimate of drug-likeness (QED) is 0.855. The van der Waals surface area contributed by atoms with Gasteiger partial charge in [0.1, 0.15) is 17.1 Å². The molecule has 0 atom stereocenters. The second-order valence-electron chi connectivity index (χ2n) is 6.00. The van der Waals surface area contributed by atoms with Crippen molar-refractivity contribution in [3.05, 3.63) is 35.8 Å². The van der Waals surface area contributed by atoms with Crippen molar-refractivity contribution in [1.82, 2.24) is 10.3 Å². The summed E-state index contributed by atoms with van der Waals surface area (Å²) in [5.74, 6) is -1.15. The first kappa shape index (κ1) is 15.5. The normalized spacial score (nSPS) is 17.0. The van der Waals surface area contributed by atoms with Crippen molar-refractivity contribution in [2.75, 3.05) is 7.11 Å². The Morgan fingerprint density at radius 1 is 1.22 bits per heavy atom. The average Bonchev–Trinajstić information content (AvgIpc) is 2.98. The number of fused-ring (bicyclic) bond motifs is 1. The molecule has 23 heavy (non-hydrogen) atoms. The standard InChI is InChI=1S/C17H19FN2O3/c1-23-16(22)17(7-3-2-4-8-17)20-15(21)14-10-11-9-12(18)5-6-13(11)19-14/h5-6,9-10,19H,2-4,7-8H2,1H3,(H,20,21). The lowest BCUT2D eigenvalue weighted by Gasteiger charge is -2.35. The highest BCUT2D eigenvalue weighted by Crippen LogP contribution is 2.30. The number of amides is 1. The Labute approximate surface area is 133 Å². The molecule has 0 unspecified atom stereocenters. The summed E-state index contributed by atoms with van der Waals surface area (Å²) in [4.78, 5) is 27.7. The molecular formula is C17H19FN2O3. The van der Waals surface area contributed by atoms with Crippen molar-refractivity contribution >= 4 is 22.8 Å². The van der Waals surface area contributed by atoms with Crippen LogP contribution in [0.25, 0.3) is 10.9 Å². The van der Waals surface area contributed by atoms with Crippen LogP contribution in [0.15, 0.2) is 24.3 Å². The number of nitrogens with one attached hydrogen (secondary N) is 2. The summed E-state index contributed by atoms with van der Waals surface area (Å²) in [6.45, 7) is 0. The van der Waals surface area contributed by atoms with Gasteiger partial charge in [0.2, 0.25) is 0 Å². The van der Waals surface area contributed by atoms with Gasteiger partial charge in [-0.1, -0.05) is 19.3 Å².